The minimum absolute atomic E-state index is 0.0961. The second-order valence-electron chi connectivity index (χ2n) is 2.83. The lowest BCUT2D eigenvalue weighted by atomic mass is 10.2. The predicted molar refractivity (Wildman–Crippen MR) is 58.0 cm³/mol. The van der Waals surface area contributed by atoms with E-state index < -0.39 is 0 Å². The molecule has 0 radical (unpaired) electrons. The molecule has 0 aliphatic heterocycles. The Labute approximate surface area is 90.1 Å². The summed E-state index contributed by atoms with van der Waals surface area (Å²) >= 11 is 1.28. The quantitative estimate of drug-likeness (QED) is 0.806. The Kier molecular flexibility index (Phi) is 2.42. The van der Waals surface area contributed by atoms with E-state index in [0.29, 0.717) is 15.9 Å². The number of hydrogen-bond acceptors (Lipinski definition) is 6. The first-order chi connectivity index (χ1) is 7.20. The molecule has 0 saturated carbocycles. The lowest BCUT2D eigenvalue weighted by Crippen LogP contribution is -1.85. The van der Waals surface area contributed by atoms with Gasteiger partial charge in [0.1, 0.15) is 5.01 Å². The van der Waals surface area contributed by atoms with Gasteiger partial charge in [-0.2, -0.15) is 0 Å². The highest BCUT2D eigenvalue weighted by Crippen LogP contribution is 2.32. The van der Waals surface area contributed by atoms with Crippen molar-refractivity contribution in [1.29, 1.82) is 0 Å². The third kappa shape index (κ3) is 1.84. The molecule has 0 unspecified atom stereocenters. The van der Waals surface area contributed by atoms with Gasteiger partial charge in [-0.1, -0.05) is 11.3 Å². The van der Waals surface area contributed by atoms with Crippen LogP contribution in [0.25, 0.3) is 10.6 Å². The molecule has 0 bridgehead atoms. The van der Waals surface area contributed by atoms with Crippen LogP contribution in [0.4, 0.5) is 5.13 Å². The van der Waals surface area contributed by atoms with E-state index in [-0.39, 0.29) is 5.75 Å². The van der Waals surface area contributed by atoms with Crippen molar-refractivity contribution in [3.8, 4) is 22.1 Å². The number of rotatable bonds is 2. The number of benzene rings is 1. The molecule has 2 aromatic rings. The van der Waals surface area contributed by atoms with E-state index in [9.17, 15) is 5.11 Å². The molecule has 0 aliphatic rings. The van der Waals surface area contributed by atoms with Crippen molar-refractivity contribution in [3.05, 3.63) is 18.2 Å². The molecule has 0 amide bonds. The smallest absolute Gasteiger partial charge is 0.203 e. The van der Waals surface area contributed by atoms with Gasteiger partial charge in [-0.05, 0) is 18.2 Å². The molecule has 1 aromatic heterocycles. The van der Waals surface area contributed by atoms with E-state index in [1.165, 1.54) is 18.4 Å². The van der Waals surface area contributed by atoms with Crippen molar-refractivity contribution in [2.75, 3.05) is 12.8 Å². The summed E-state index contributed by atoms with van der Waals surface area (Å²) < 4.78 is 4.99. The zero-order chi connectivity index (χ0) is 10.8. The monoisotopic (exact) mass is 223 g/mol. The number of ether oxygens (including phenoxy) is 1. The van der Waals surface area contributed by atoms with Crippen LogP contribution in [0, 0.1) is 0 Å². The van der Waals surface area contributed by atoms with Crippen molar-refractivity contribution < 1.29 is 9.84 Å². The fourth-order valence-corrected chi connectivity index (χ4v) is 1.77. The van der Waals surface area contributed by atoms with E-state index in [1.54, 1.807) is 18.2 Å². The number of nitrogen functional groups attached to an aromatic ring is 1. The van der Waals surface area contributed by atoms with Gasteiger partial charge in [-0.3, -0.25) is 0 Å². The molecular formula is C9H9N3O2S. The zero-order valence-corrected chi connectivity index (χ0v) is 8.78. The van der Waals surface area contributed by atoms with Crippen LogP contribution in [0.3, 0.4) is 0 Å². The van der Waals surface area contributed by atoms with E-state index in [1.807, 2.05) is 0 Å². The summed E-state index contributed by atoms with van der Waals surface area (Å²) in [6.07, 6.45) is 0. The molecule has 3 N–H and O–H groups in total. The third-order valence-electron chi connectivity index (χ3n) is 1.87. The van der Waals surface area contributed by atoms with Gasteiger partial charge in [0.15, 0.2) is 11.5 Å². The highest BCUT2D eigenvalue weighted by Gasteiger charge is 2.08. The van der Waals surface area contributed by atoms with Gasteiger partial charge in [0.05, 0.1) is 7.11 Å². The van der Waals surface area contributed by atoms with Gasteiger partial charge in [-0.25, -0.2) is 0 Å². The molecule has 0 saturated heterocycles. The second-order valence-corrected chi connectivity index (χ2v) is 3.84. The zero-order valence-electron chi connectivity index (χ0n) is 7.97. The Morgan fingerprint density at radius 2 is 2.20 bits per heavy atom. The molecule has 0 spiro atoms. The maximum absolute atomic E-state index is 9.40. The number of phenols is 1. The molecule has 15 heavy (non-hydrogen) atoms. The average molecular weight is 223 g/mol. The lowest BCUT2D eigenvalue weighted by molar-refractivity contribution is 0.373. The molecule has 0 aliphatic carbocycles. The number of aromatic hydroxyl groups is 1. The second kappa shape index (κ2) is 3.74. The summed E-state index contributed by atoms with van der Waals surface area (Å²) in [7, 11) is 1.49. The van der Waals surface area contributed by atoms with Crippen LogP contribution in [0.15, 0.2) is 18.2 Å². The summed E-state index contributed by atoms with van der Waals surface area (Å²) in [5, 5.41) is 18.1. The maximum Gasteiger partial charge on any atom is 0.203 e. The van der Waals surface area contributed by atoms with Crippen molar-refractivity contribution in [2.24, 2.45) is 0 Å². The average Bonchev–Trinajstić information content (AvgIpc) is 2.66. The number of hydrogen-bond donors (Lipinski definition) is 2. The van der Waals surface area contributed by atoms with Crippen LogP contribution in [0.1, 0.15) is 0 Å². The van der Waals surface area contributed by atoms with E-state index in [0.717, 1.165) is 5.56 Å². The molecule has 2 rings (SSSR count). The van der Waals surface area contributed by atoms with Gasteiger partial charge in [0.2, 0.25) is 5.13 Å². The SMILES string of the molecule is COc1cc(-c2nnc(N)s2)ccc1O. The Balaban J connectivity index is 2.45. The van der Waals surface area contributed by atoms with Crippen LogP contribution < -0.4 is 10.5 Å². The van der Waals surface area contributed by atoms with Crippen LogP contribution in [0.2, 0.25) is 0 Å². The third-order valence-corrected chi connectivity index (χ3v) is 2.67. The van der Waals surface area contributed by atoms with Gasteiger partial charge in [0, 0.05) is 5.56 Å². The predicted octanol–water partition coefficient (Wildman–Crippen LogP) is 1.50. The van der Waals surface area contributed by atoms with Crippen molar-refractivity contribution in [3.63, 3.8) is 0 Å². The minimum Gasteiger partial charge on any atom is -0.504 e. The van der Waals surface area contributed by atoms with Crippen LogP contribution in [-0.2, 0) is 0 Å². The molecule has 0 fully saturated rings. The summed E-state index contributed by atoms with van der Waals surface area (Å²) in [6, 6.07) is 4.97. The highest BCUT2D eigenvalue weighted by molar-refractivity contribution is 7.18. The molecule has 6 heteroatoms. The molecule has 0 atom stereocenters. The normalized spacial score (nSPS) is 10.2. The Morgan fingerprint density at radius 3 is 2.80 bits per heavy atom. The first-order valence-corrected chi connectivity index (χ1v) is 4.98. The van der Waals surface area contributed by atoms with Crippen molar-refractivity contribution in [2.45, 2.75) is 0 Å². The molecule has 5 nitrogen and oxygen atoms in total. The minimum atomic E-state index is 0.0961. The number of nitrogens with zero attached hydrogens (tertiary/aromatic N) is 2. The number of methoxy groups -OCH3 is 1. The largest absolute Gasteiger partial charge is 0.504 e. The maximum atomic E-state index is 9.40. The van der Waals surface area contributed by atoms with Gasteiger partial charge in [-0.15, -0.1) is 10.2 Å². The first kappa shape index (κ1) is 9.72. The lowest BCUT2D eigenvalue weighted by Gasteiger charge is -2.03. The fraction of sp³-hybridized carbons (Fsp3) is 0.111. The molecule has 1 aromatic carbocycles. The summed E-state index contributed by atoms with van der Waals surface area (Å²) in [5.41, 5.74) is 6.30. The molecule has 78 valence electrons. The topological polar surface area (TPSA) is 81.3 Å². The van der Waals surface area contributed by atoms with Crippen LogP contribution in [0.5, 0.6) is 11.5 Å². The van der Waals surface area contributed by atoms with Gasteiger partial charge in [0.25, 0.3) is 0 Å². The van der Waals surface area contributed by atoms with E-state index >= 15 is 0 Å². The van der Waals surface area contributed by atoms with Crippen LogP contribution >= 0.6 is 11.3 Å². The first-order valence-electron chi connectivity index (χ1n) is 4.17. The van der Waals surface area contributed by atoms with E-state index in [4.69, 9.17) is 10.5 Å². The summed E-state index contributed by atoms with van der Waals surface area (Å²) in [4.78, 5) is 0. The van der Waals surface area contributed by atoms with Gasteiger partial charge >= 0.3 is 0 Å². The van der Waals surface area contributed by atoms with Crippen molar-refractivity contribution >= 4 is 16.5 Å². The number of phenolic OH excluding ortho intramolecular Hbond substituents is 1. The summed E-state index contributed by atoms with van der Waals surface area (Å²) in [5.74, 6) is 0.500. The molecular weight excluding hydrogens is 214 g/mol. The Hall–Kier alpha value is -1.82. The van der Waals surface area contributed by atoms with Crippen molar-refractivity contribution in [1.82, 2.24) is 10.2 Å². The molecule has 1 heterocycles. The van der Waals surface area contributed by atoms with Crippen LogP contribution in [-0.4, -0.2) is 22.4 Å². The number of aromatic nitrogens is 2. The fourth-order valence-electron chi connectivity index (χ4n) is 1.16. The Morgan fingerprint density at radius 1 is 1.40 bits per heavy atom. The Bertz CT molecular complexity index is 484. The number of nitrogens with two attached hydrogens (primary N) is 1. The number of anilines is 1. The van der Waals surface area contributed by atoms with Gasteiger partial charge < -0.3 is 15.6 Å². The standard InChI is InChI=1S/C9H9N3O2S/c1-14-7-4-5(2-3-6(7)13)8-11-12-9(10)15-8/h2-4,13H,1H3,(H2,10,12). The summed E-state index contributed by atoms with van der Waals surface area (Å²) in [6.45, 7) is 0. The van der Waals surface area contributed by atoms with E-state index in [2.05, 4.69) is 10.2 Å². The highest BCUT2D eigenvalue weighted by atomic mass is 32.1.